The van der Waals surface area contributed by atoms with Gasteiger partial charge in [-0.1, -0.05) is 17.7 Å². The summed E-state index contributed by atoms with van der Waals surface area (Å²) in [6.07, 6.45) is 0. The number of rotatable bonds is 4. The molecule has 0 aromatic heterocycles. The van der Waals surface area contributed by atoms with E-state index in [-0.39, 0.29) is 21.0 Å². The lowest BCUT2D eigenvalue weighted by atomic mass is 10.2. The van der Waals surface area contributed by atoms with Crippen LogP contribution in [0.15, 0.2) is 47.4 Å². The minimum Gasteiger partial charge on any atom is -0.478 e. The van der Waals surface area contributed by atoms with Crippen LogP contribution in [0.3, 0.4) is 0 Å². The molecule has 0 amide bonds. The normalized spacial score (nSPS) is 11.3. The highest BCUT2D eigenvalue weighted by atomic mass is 35.5. The molecule has 0 aliphatic heterocycles. The van der Waals surface area contributed by atoms with Crippen molar-refractivity contribution in [2.24, 2.45) is 0 Å². The number of carboxylic acid groups (broad SMARTS) is 1. The van der Waals surface area contributed by atoms with Crippen molar-refractivity contribution in [2.45, 2.75) is 10.6 Å². The van der Waals surface area contributed by atoms with E-state index in [9.17, 15) is 17.6 Å². The zero-order chi connectivity index (χ0) is 15.6. The van der Waals surface area contributed by atoms with E-state index in [0.717, 1.165) is 12.1 Å². The summed E-state index contributed by atoms with van der Waals surface area (Å²) in [6, 6.07) is 8.55. The van der Waals surface area contributed by atoms with Crippen LogP contribution in [0.1, 0.15) is 15.9 Å². The molecule has 0 unspecified atom stereocenters. The van der Waals surface area contributed by atoms with Crippen LogP contribution >= 0.6 is 11.6 Å². The van der Waals surface area contributed by atoms with Gasteiger partial charge in [-0.25, -0.2) is 17.6 Å². The minimum atomic E-state index is -3.87. The van der Waals surface area contributed by atoms with Crippen molar-refractivity contribution in [3.8, 4) is 0 Å². The molecule has 0 aliphatic rings. The molecule has 1 N–H and O–H groups in total. The van der Waals surface area contributed by atoms with Gasteiger partial charge in [0.15, 0.2) is 9.84 Å². The third kappa shape index (κ3) is 3.59. The molecule has 0 aliphatic carbocycles. The van der Waals surface area contributed by atoms with Crippen LogP contribution in [0.2, 0.25) is 5.02 Å². The van der Waals surface area contributed by atoms with Gasteiger partial charge in [-0.2, -0.15) is 0 Å². The van der Waals surface area contributed by atoms with Crippen LogP contribution in [0.25, 0.3) is 0 Å². The van der Waals surface area contributed by atoms with E-state index in [2.05, 4.69) is 0 Å². The molecule has 0 atom stereocenters. The molecule has 2 aromatic rings. The number of carbonyl (C=O) groups is 1. The average Bonchev–Trinajstić information content (AvgIpc) is 2.43. The summed E-state index contributed by atoms with van der Waals surface area (Å²) < 4.78 is 38.1. The summed E-state index contributed by atoms with van der Waals surface area (Å²) in [4.78, 5) is 10.7. The maximum absolute atomic E-state index is 13.6. The highest BCUT2D eigenvalue weighted by Crippen LogP contribution is 2.22. The monoisotopic (exact) mass is 328 g/mol. The van der Waals surface area contributed by atoms with E-state index in [1.807, 2.05) is 0 Å². The molecule has 0 spiro atoms. The van der Waals surface area contributed by atoms with Crippen LogP contribution in [0.4, 0.5) is 4.39 Å². The predicted octanol–water partition coefficient (Wildman–Crippen LogP) is 3.15. The summed E-state index contributed by atoms with van der Waals surface area (Å²) in [5, 5.41) is 9.10. The molecule has 2 aromatic carbocycles. The SMILES string of the molecule is O=C(O)c1cccc(S(=O)(=O)Cc2cc(Cl)ccc2F)c1. The zero-order valence-electron chi connectivity index (χ0n) is 10.6. The van der Waals surface area contributed by atoms with E-state index in [1.165, 1.54) is 30.3 Å². The quantitative estimate of drug-likeness (QED) is 0.935. The highest BCUT2D eigenvalue weighted by Gasteiger charge is 2.19. The first-order valence-corrected chi connectivity index (χ1v) is 7.83. The third-order valence-electron chi connectivity index (χ3n) is 2.79. The van der Waals surface area contributed by atoms with Gasteiger partial charge in [-0.3, -0.25) is 0 Å². The van der Waals surface area contributed by atoms with Crippen molar-refractivity contribution in [3.05, 3.63) is 64.4 Å². The number of carboxylic acids is 1. The lowest BCUT2D eigenvalue weighted by Crippen LogP contribution is -2.08. The van der Waals surface area contributed by atoms with Gasteiger partial charge in [0.1, 0.15) is 5.82 Å². The van der Waals surface area contributed by atoms with Gasteiger partial charge in [0.2, 0.25) is 0 Å². The lowest BCUT2D eigenvalue weighted by molar-refractivity contribution is 0.0696. The Bertz CT molecular complexity index is 802. The van der Waals surface area contributed by atoms with E-state index >= 15 is 0 Å². The number of sulfone groups is 1. The maximum atomic E-state index is 13.6. The Morgan fingerprint density at radius 2 is 1.90 bits per heavy atom. The third-order valence-corrected chi connectivity index (χ3v) is 4.69. The van der Waals surface area contributed by atoms with E-state index in [4.69, 9.17) is 16.7 Å². The Morgan fingerprint density at radius 3 is 2.57 bits per heavy atom. The Kier molecular flexibility index (Phi) is 4.29. The number of hydrogen-bond acceptors (Lipinski definition) is 3. The standard InChI is InChI=1S/C14H10ClFO4S/c15-11-4-5-13(16)10(6-11)8-21(19,20)12-3-1-2-9(7-12)14(17)18/h1-7H,8H2,(H,17,18). The van der Waals surface area contributed by atoms with Gasteiger partial charge in [-0.05, 0) is 36.4 Å². The topological polar surface area (TPSA) is 71.4 Å². The molecule has 110 valence electrons. The first-order chi connectivity index (χ1) is 9.79. The molecule has 0 heterocycles. The second kappa shape index (κ2) is 5.83. The summed E-state index contributed by atoms with van der Waals surface area (Å²) in [5.41, 5.74) is -0.217. The fraction of sp³-hybridized carbons (Fsp3) is 0.0714. The van der Waals surface area contributed by atoms with Crippen molar-refractivity contribution in [1.29, 1.82) is 0 Å². The molecule has 0 fully saturated rings. The molecular formula is C14H10ClFO4S. The van der Waals surface area contributed by atoms with Gasteiger partial charge in [-0.15, -0.1) is 0 Å². The second-order valence-corrected chi connectivity index (χ2v) is 6.75. The Balaban J connectivity index is 2.41. The zero-order valence-corrected chi connectivity index (χ0v) is 12.2. The molecule has 0 radical (unpaired) electrons. The predicted molar refractivity (Wildman–Crippen MR) is 75.7 cm³/mol. The van der Waals surface area contributed by atoms with Crippen LogP contribution < -0.4 is 0 Å². The molecule has 0 saturated carbocycles. The molecule has 0 saturated heterocycles. The molecule has 4 nitrogen and oxygen atoms in total. The summed E-state index contributed by atoms with van der Waals surface area (Å²) >= 11 is 5.72. The Labute approximate surface area is 125 Å². The first kappa shape index (κ1) is 15.5. The summed E-state index contributed by atoms with van der Waals surface area (Å²) in [5.74, 6) is -2.51. The fourth-order valence-corrected chi connectivity index (χ4v) is 3.35. The summed E-state index contributed by atoms with van der Waals surface area (Å²) in [6.45, 7) is 0. The van der Waals surface area contributed by atoms with Crippen molar-refractivity contribution in [1.82, 2.24) is 0 Å². The molecule has 7 heteroatoms. The Morgan fingerprint density at radius 1 is 1.19 bits per heavy atom. The van der Waals surface area contributed by atoms with Gasteiger partial charge >= 0.3 is 5.97 Å². The van der Waals surface area contributed by atoms with Gasteiger partial charge in [0.25, 0.3) is 0 Å². The molecule has 0 bridgehead atoms. The van der Waals surface area contributed by atoms with E-state index in [0.29, 0.717) is 0 Å². The van der Waals surface area contributed by atoms with Crippen molar-refractivity contribution >= 4 is 27.4 Å². The fourth-order valence-electron chi connectivity index (χ4n) is 1.76. The van der Waals surface area contributed by atoms with Gasteiger partial charge in [0.05, 0.1) is 16.2 Å². The highest BCUT2D eigenvalue weighted by molar-refractivity contribution is 7.90. The summed E-state index contributed by atoms with van der Waals surface area (Å²) in [7, 11) is -3.87. The second-order valence-electron chi connectivity index (χ2n) is 4.33. The van der Waals surface area contributed by atoms with E-state index in [1.54, 1.807) is 0 Å². The molecule has 2 rings (SSSR count). The van der Waals surface area contributed by atoms with E-state index < -0.39 is 27.4 Å². The maximum Gasteiger partial charge on any atom is 0.335 e. The number of benzene rings is 2. The van der Waals surface area contributed by atoms with Crippen molar-refractivity contribution in [3.63, 3.8) is 0 Å². The van der Waals surface area contributed by atoms with Crippen molar-refractivity contribution in [2.75, 3.05) is 0 Å². The number of hydrogen-bond donors (Lipinski definition) is 1. The Hall–Kier alpha value is -1.92. The van der Waals surface area contributed by atoms with Crippen LogP contribution in [0, 0.1) is 5.82 Å². The first-order valence-electron chi connectivity index (χ1n) is 5.79. The molecular weight excluding hydrogens is 319 g/mol. The van der Waals surface area contributed by atoms with Crippen molar-refractivity contribution < 1.29 is 22.7 Å². The molecule has 21 heavy (non-hydrogen) atoms. The average molecular weight is 329 g/mol. The van der Waals surface area contributed by atoms with Crippen LogP contribution in [-0.4, -0.2) is 19.5 Å². The van der Waals surface area contributed by atoms with Gasteiger partial charge < -0.3 is 5.11 Å². The minimum absolute atomic E-state index is 0.0665. The lowest BCUT2D eigenvalue weighted by Gasteiger charge is -2.07. The number of halogens is 2. The van der Waals surface area contributed by atoms with Crippen LogP contribution in [0.5, 0.6) is 0 Å². The smallest absolute Gasteiger partial charge is 0.335 e. The van der Waals surface area contributed by atoms with Gasteiger partial charge in [0, 0.05) is 10.6 Å². The van der Waals surface area contributed by atoms with Crippen LogP contribution in [-0.2, 0) is 15.6 Å². The largest absolute Gasteiger partial charge is 0.478 e. The number of aromatic carboxylic acids is 1.